The van der Waals surface area contributed by atoms with E-state index in [1.54, 1.807) is 7.11 Å². The molecule has 2 unspecified atom stereocenters. The molecular weight excluding hydrogens is 354 g/mol. The molecule has 1 aliphatic rings. The summed E-state index contributed by atoms with van der Waals surface area (Å²) in [6, 6.07) is 6.91. The van der Waals surface area contributed by atoms with Crippen LogP contribution < -0.4 is 11.5 Å². The average Bonchev–Trinajstić information content (AvgIpc) is 3.15. The molecule has 1 fully saturated rings. The fourth-order valence-corrected chi connectivity index (χ4v) is 2.86. The second kappa shape index (κ2) is 10.8. The second-order valence-electron chi connectivity index (χ2n) is 8.02. The van der Waals surface area contributed by atoms with Crippen LogP contribution in [0.4, 0.5) is 0 Å². The third-order valence-corrected chi connectivity index (χ3v) is 4.78. The van der Waals surface area contributed by atoms with Crippen LogP contribution in [-0.2, 0) is 20.7 Å². The molecule has 1 aromatic carbocycles. The lowest BCUT2D eigenvalue weighted by molar-refractivity contribution is -0.140. The van der Waals surface area contributed by atoms with Gasteiger partial charge in [-0.05, 0) is 42.4 Å². The van der Waals surface area contributed by atoms with Crippen molar-refractivity contribution in [2.75, 3.05) is 20.3 Å². The van der Waals surface area contributed by atoms with Crippen molar-refractivity contribution in [2.24, 2.45) is 16.9 Å². The van der Waals surface area contributed by atoms with Crippen molar-refractivity contribution in [2.45, 2.75) is 52.1 Å². The molecule has 2 amide bonds. The van der Waals surface area contributed by atoms with Gasteiger partial charge in [-0.1, -0.05) is 38.8 Å². The molecule has 1 aromatic rings. The van der Waals surface area contributed by atoms with E-state index in [2.05, 4.69) is 5.92 Å². The Morgan fingerprint density at radius 1 is 1.32 bits per heavy atom. The highest BCUT2D eigenvalue weighted by atomic mass is 16.5. The number of methoxy groups -OCH3 is 1. The molecule has 2 rings (SSSR count). The summed E-state index contributed by atoms with van der Waals surface area (Å²) < 4.78 is 4.96. The second-order valence-corrected chi connectivity index (χ2v) is 8.02. The predicted molar refractivity (Wildman–Crippen MR) is 111 cm³/mol. The van der Waals surface area contributed by atoms with E-state index in [4.69, 9.17) is 22.6 Å². The molecule has 4 N–H and O–H groups in total. The van der Waals surface area contributed by atoms with Gasteiger partial charge < -0.3 is 21.1 Å². The number of rotatable bonds is 5. The van der Waals surface area contributed by atoms with E-state index in [9.17, 15) is 9.59 Å². The van der Waals surface area contributed by atoms with E-state index in [-0.39, 0.29) is 11.3 Å². The number of nitrogens with zero attached hydrogens (tertiary/aromatic N) is 1. The van der Waals surface area contributed by atoms with Crippen molar-refractivity contribution in [3.05, 3.63) is 35.4 Å². The molecule has 0 saturated carbocycles. The Hall–Kier alpha value is -2.36. The van der Waals surface area contributed by atoms with Gasteiger partial charge >= 0.3 is 0 Å². The zero-order chi connectivity index (χ0) is 21.3. The zero-order valence-corrected chi connectivity index (χ0v) is 17.4. The van der Waals surface area contributed by atoms with E-state index < -0.39 is 18.0 Å². The van der Waals surface area contributed by atoms with Crippen LogP contribution in [0.1, 0.15) is 44.7 Å². The largest absolute Gasteiger partial charge is 0.384 e. The summed E-state index contributed by atoms with van der Waals surface area (Å²) in [5.41, 5.74) is 13.0. The van der Waals surface area contributed by atoms with Crippen LogP contribution in [0.5, 0.6) is 0 Å². The lowest BCUT2D eigenvalue weighted by Crippen LogP contribution is -2.54. The van der Waals surface area contributed by atoms with Gasteiger partial charge in [0.2, 0.25) is 11.8 Å². The molecule has 6 nitrogen and oxygen atoms in total. The van der Waals surface area contributed by atoms with Gasteiger partial charge in [0, 0.05) is 19.2 Å². The van der Waals surface area contributed by atoms with E-state index in [0.717, 1.165) is 25.0 Å². The third-order valence-electron chi connectivity index (χ3n) is 4.78. The quantitative estimate of drug-likeness (QED) is 0.751. The van der Waals surface area contributed by atoms with Crippen LogP contribution >= 0.6 is 0 Å². The van der Waals surface area contributed by atoms with Crippen molar-refractivity contribution in [1.82, 2.24) is 4.90 Å². The maximum Gasteiger partial charge on any atom is 0.240 e. The summed E-state index contributed by atoms with van der Waals surface area (Å²) in [6.07, 6.45) is 7.64. The monoisotopic (exact) mass is 387 g/mol. The Kier molecular flexibility index (Phi) is 9.17. The van der Waals surface area contributed by atoms with Crippen LogP contribution in [0.2, 0.25) is 0 Å². The van der Waals surface area contributed by atoms with Crippen LogP contribution in [0, 0.1) is 17.8 Å². The van der Waals surface area contributed by atoms with Gasteiger partial charge in [0.15, 0.2) is 0 Å². The van der Waals surface area contributed by atoms with Crippen molar-refractivity contribution in [1.29, 1.82) is 0 Å². The van der Waals surface area contributed by atoms with E-state index in [1.807, 2.05) is 45.0 Å². The van der Waals surface area contributed by atoms with Gasteiger partial charge in [-0.25, -0.2) is 0 Å². The van der Waals surface area contributed by atoms with Crippen molar-refractivity contribution in [3.63, 3.8) is 0 Å². The van der Waals surface area contributed by atoms with Gasteiger partial charge in [-0.3, -0.25) is 9.59 Å². The molecule has 6 heteroatoms. The molecule has 28 heavy (non-hydrogen) atoms. The summed E-state index contributed by atoms with van der Waals surface area (Å²) in [7, 11) is 1.70. The molecule has 0 bridgehead atoms. The van der Waals surface area contributed by atoms with E-state index >= 15 is 0 Å². The van der Waals surface area contributed by atoms with Crippen molar-refractivity contribution >= 4 is 11.8 Å². The number of benzene rings is 1. The SMILES string of the molecule is C#Cc1ccc(CCOC)cc1.CC(C)(C)C(N)C(=O)N1CCCC1C(N)=O. The Balaban J connectivity index is 0.000000292. The van der Waals surface area contributed by atoms with Gasteiger partial charge in [0.05, 0.1) is 12.6 Å². The Morgan fingerprint density at radius 2 is 1.93 bits per heavy atom. The first kappa shape index (κ1) is 23.7. The molecule has 1 saturated heterocycles. The average molecular weight is 388 g/mol. The van der Waals surface area contributed by atoms with Crippen LogP contribution in [0.15, 0.2) is 24.3 Å². The predicted octanol–water partition coefficient (Wildman–Crippen LogP) is 1.69. The number of hydrogen-bond donors (Lipinski definition) is 2. The van der Waals surface area contributed by atoms with Crippen LogP contribution in [-0.4, -0.2) is 49.1 Å². The minimum absolute atomic E-state index is 0.172. The molecule has 1 aliphatic heterocycles. The third kappa shape index (κ3) is 6.99. The summed E-state index contributed by atoms with van der Waals surface area (Å²) in [6.45, 7) is 7.06. The highest BCUT2D eigenvalue weighted by Gasteiger charge is 2.38. The number of amides is 2. The summed E-state index contributed by atoms with van der Waals surface area (Å²) in [4.78, 5) is 24.8. The van der Waals surface area contributed by atoms with E-state index in [0.29, 0.717) is 13.0 Å². The number of nitrogens with two attached hydrogens (primary N) is 2. The Bertz CT molecular complexity index is 686. The maximum atomic E-state index is 12.1. The van der Waals surface area contributed by atoms with Gasteiger partial charge in [-0.15, -0.1) is 6.42 Å². The first-order valence-corrected chi connectivity index (χ1v) is 9.51. The number of hydrogen-bond acceptors (Lipinski definition) is 4. The summed E-state index contributed by atoms with van der Waals surface area (Å²) in [5, 5.41) is 0. The fraction of sp³-hybridized carbons (Fsp3) is 0.545. The molecule has 0 radical (unpaired) electrons. The first-order chi connectivity index (χ1) is 13.1. The number of ether oxygens (including phenoxy) is 1. The van der Waals surface area contributed by atoms with Gasteiger partial charge in [0.1, 0.15) is 6.04 Å². The molecule has 0 aromatic heterocycles. The highest BCUT2D eigenvalue weighted by molar-refractivity contribution is 5.89. The van der Waals surface area contributed by atoms with Gasteiger partial charge in [-0.2, -0.15) is 0 Å². The minimum atomic E-state index is -0.590. The molecule has 0 spiro atoms. The lowest BCUT2D eigenvalue weighted by atomic mass is 9.86. The molecular formula is C22H33N3O3. The number of likely N-dealkylation sites (tertiary alicyclic amines) is 1. The first-order valence-electron chi connectivity index (χ1n) is 9.51. The number of carbonyl (C=O) groups is 2. The van der Waals surface area contributed by atoms with Crippen LogP contribution in [0.3, 0.4) is 0 Å². The Labute approximate surface area is 168 Å². The summed E-state index contributed by atoms with van der Waals surface area (Å²) in [5.74, 6) is 1.97. The fourth-order valence-electron chi connectivity index (χ4n) is 2.86. The maximum absolute atomic E-state index is 12.1. The minimum Gasteiger partial charge on any atom is -0.384 e. The summed E-state index contributed by atoms with van der Waals surface area (Å²) >= 11 is 0. The zero-order valence-electron chi connectivity index (χ0n) is 17.4. The van der Waals surface area contributed by atoms with Crippen LogP contribution in [0.25, 0.3) is 0 Å². The highest BCUT2D eigenvalue weighted by Crippen LogP contribution is 2.24. The van der Waals surface area contributed by atoms with Gasteiger partial charge in [0.25, 0.3) is 0 Å². The molecule has 2 atom stereocenters. The Morgan fingerprint density at radius 3 is 2.39 bits per heavy atom. The molecule has 1 heterocycles. The van der Waals surface area contributed by atoms with Crippen molar-refractivity contribution in [3.8, 4) is 12.3 Å². The lowest BCUT2D eigenvalue weighted by Gasteiger charge is -2.32. The topological polar surface area (TPSA) is 98.7 Å². The molecule has 0 aliphatic carbocycles. The van der Waals surface area contributed by atoms with E-state index in [1.165, 1.54) is 10.5 Å². The number of carbonyl (C=O) groups excluding carboxylic acids is 2. The van der Waals surface area contributed by atoms with Crippen molar-refractivity contribution < 1.29 is 14.3 Å². The smallest absolute Gasteiger partial charge is 0.240 e. The number of primary amides is 1. The number of terminal acetylenes is 1. The molecule has 154 valence electrons. The standard InChI is InChI=1S/C11H21N3O2.C11H12O/c1-11(2,3)8(12)10(16)14-6-4-5-7(14)9(13)15;1-3-10-4-6-11(7-5-10)8-9-12-2/h7-8H,4-6,12H2,1-3H3,(H2,13,15);1,4-7H,8-9H2,2H3. The normalized spacial score (nSPS) is 17.3.